The van der Waals surface area contributed by atoms with Gasteiger partial charge in [0.25, 0.3) is 5.91 Å². The summed E-state index contributed by atoms with van der Waals surface area (Å²) in [6, 6.07) is 12.4. The predicted octanol–water partition coefficient (Wildman–Crippen LogP) is 2.50. The molecule has 5 heteroatoms. The summed E-state index contributed by atoms with van der Waals surface area (Å²) in [6.07, 6.45) is 0.996. The van der Waals surface area contributed by atoms with E-state index in [0.29, 0.717) is 11.6 Å². The molecule has 1 aromatic carbocycles. The van der Waals surface area contributed by atoms with Crippen molar-refractivity contribution in [3.05, 3.63) is 48.7 Å². The van der Waals surface area contributed by atoms with Crippen LogP contribution in [0, 0.1) is 0 Å². The molecule has 1 N–H and O–H groups in total. The number of carbonyl (C=O) groups excluding carboxylic acids is 1. The zero-order valence-corrected chi connectivity index (χ0v) is 11.4. The van der Waals surface area contributed by atoms with E-state index in [4.69, 9.17) is 9.47 Å². The van der Waals surface area contributed by atoms with Crippen LogP contribution >= 0.6 is 0 Å². The Morgan fingerprint density at radius 2 is 1.85 bits per heavy atom. The molecular formula is C15H16N2O3. The summed E-state index contributed by atoms with van der Waals surface area (Å²) in [4.78, 5) is 16.0. The first-order valence-corrected chi connectivity index (χ1v) is 6.21. The maximum absolute atomic E-state index is 11.9. The van der Waals surface area contributed by atoms with Crippen LogP contribution in [0.25, 0.3) is 0 Å². The van der Waals surface area contributed by atoms with Gasteiger partial charge in [-0.1, -0.05) is 6.07 Å². The highest BCUT2D eigenvalue weighted by atomic mass is 16.5. The Kier molecular flexibility index (Phi) is 4.55. The second-order valence-corrected chi connectivity index (χ2v) is 4.14. The van der Waals surface area contributed by atoms with Crippen LogP contribution in [0.4, 0.5) is 5.82 Å². The van der Waals surface area contributed by atoms with Crippen molar-refractivity contribution >= 4 is 11.7 Å². The Labute approximate surface area is 117 Å². The molecule has 0 unspecified atom stereocenters. The van der Waals surface area contributed by atoms with Gasteiger partial charge < -0.3 is 14.8 Å². The topological polar surface area (TPSA) is 60.5 Å². The monoisotopic (exact) mass is 272 g/mol. The number of amides is 1. The molecule has 1 atom stereocenters. The fourth-order valence-corrected chi connectivity index (χ4v) is 1.58. The summed E-state index contributed by atoms with van der Waals surface area (Å²) in [5, 5.41) is 2.68. The lowest BCUT2D eigenvalue weighted by atomic mass is 10.3. The molecule has 20 heavy (non-hydrogen) atoms. The Morgan fingerprint density at radius 3 is 2.45 bits per heavy atom. The molecule has 2 rings (SSSR count). The van der Waals surface area contributed by atoms with E-state index in [1.807, 2.05) is 0 Å². The molecule has 0 radical (unpaired) electrons. The highest BCUT2D eigenvalue weighted by Gasteiger charge is 2.15. The van der Waals surface area contributed by atoms with Gasteiger partial charge >= 0.3 is 0 Å². The summed E-state index contributed by atoms with van der Waals surface area (Å²) in [7, 11) is 1.60. The van der Waals surface area contributed by atoms with Crippen LogP contribution in [0.15, 0.2) is 48.7 Å². The SMILES string of the molecule is COc1ccc(O[C@@H](C)C(=O)Nc2ccccn2)cc1. The van der Waals surface area contributed by atoms with Crippen molar-refractivity contribution in [2.24, 2.45) is 0 Å². The van der Waals surface area contributed by atoms with E-state index in [1.54, 1.807) is 62.7 Å². The fraction of sp³-hybridized carbons (Fsp3) is 0.200. The second-order valence-electron chi connectivity index (χ2n) is 4.14. The number of benzene rings is 1. The summed E-state index contributed by atoms with van der Waals surface area (Å²) >= 11 is 0. The molecule has 0 spiro atoms. The summed E-state index contributed by atoms with van der Waals surface area (Å²) in [5.41, 5.74) is 0. The Bertz CT molecular complexity index is 555. The number of rotatable bonds is 5. The number of pyridine rings is 1. The number of nitrogens with zero attached hydrogens (tertiary/aromatic N) is 1. The molecule has 0 saturated carbocycles. The number of carbonyl (C=O) groups is 1. The van der Waals surface area contributed by atoms with Gasteiger partial charge in [0.15, 0.2) is 6.10 Å². The molecule has 0 aliphatic rings. The standard InChI is InChI=1S/C15H16N2O3/c1-11(15(18)17-14-5-3-4-10-16-14)20-13-8-6-12(19-2)7-9-13/h3-11H,1-2H3,(H,16,17,18)/t11-/m0/s1. The van der Waals surface area contributed by atoms with Crippen LogP contribution < -0.4 is 14.8 Å². The normalized spacial score (nSPS) is 11.5. The van der Waals surface area contributed by atoms with Crippen molar-refractivity contribution in [1.82, 2.24) is 4.98 Å². The zero-order chi connectivity index (χ0) is 14.4. The van der Waals surface area contributed by atoms with Gasteiger partial charge in [0.2, 0.25) is 0 Å². The quantitative estimate of drug-likeness (QED) is 0.908. The molecule has 0 fully saturated rings. The van der Waals surface area contributed by atoms with Gasteiger partial charge in [0.05, 0.1) is 7.11 Å². The van der Waals surface area contributed by atoms with Crippen molar-refractivity contribution in [2.45, 2.75) is 13.0 Å². The van der Waals surface area contributed by atoms with E-state index in [0.717, 1.165) is 5.75 Å². The van der Waals surface area contributed by atoms with E-state index in [-0.39, 0.29) is 5.91 Å². The van der Waals surface area contributed by atoms with Crippen LogP contribution in [0.3, 0.4) is 0 Å². The van der Waals surface area contributed by atoms with Gasteiger partial charge in [0, 0.05) is 6.20 Å². The zero-order valence-electron chi connectivity index (χ0n) is 11.4. The first-order valence-electron chi connectivity index (χ1n) is 6.21. The number of nitrogens with one attached hydrogen (secondary N) is 1. The van der Waals surface area contributed by atoms with Crippen LogP contribution in [-0.4, -0.2) is 24.1 Å². The van der Waals surface area contributed by atoms with Crippen molar-refractivity contribution in [1.29, 1.82) is 0 Å². The number of aromatic nitrogens is 1. The van der Waals surface area contributed by atoms with Crippen molar-refractivity contribution in [2.75, 3.05) is 12.4 Å². The minimum Gasteiger partial charge on any atom is -0.497 e. The van der Waals surface area contributed by atoms with Gasteiger partial charge in [-0.3, -0.25) is 4.79 Å². The number of anilines is 1. The molecule has 1 heterocycles. The van der Waals surface area contributed by atoms with Crippen molar-refractivity contribution < 1.29 is 14.3 Å². The fourth-order valence-electron chi connectivity index (χ4n) is 1.58. The molecule has 104 valence electrons. The van der Waals surface area contributed by atoms with Crippen LogP contribution in [0.1, 0.15) is 6.92 Å². The summed E-state index contributed by atoms with van der Waals surface area (Å²) in [5.74, 6) is 1.60. The van der Waals surface area contributed by atoms with E-state index < -0.39 is 6.10 Å². The number of ether oxygens (including phenoxy) is 2. The highest BCUT2D eigenvalue weighted by molar-refractivity contribution is 5.93. The van der Waals surface area contributed by atoms with Crippen LogP contribution in [0.2, 0.25) is 0 Å². The molecule has 1 amide bonds. The first-order chi connectivity index (χ1) is 9.69. The lowest BCUT2D eigenvalue weighted by molar-refractivity contribution is -0.122. The third-order valence-electron chi connectivity index (χ3n) is 2.66. The minimum atomic E-state index is -0.620. The Morgan fingerprint density at radius 1 is 1.15 bits per heavy atom. The minimum absolute atomic E-state index is 0.250. The maximum atomic E-state index is 11.9. The van der Waals surface area contributed by atoms with Gasteiger partial charge in [0.1, 0.15) is 17.3 Å². The smallest absolute Gasteiger partial charge is 0.266 e. The third-order valence-corrected chi connectivity index (χ3v) is 2.66. The maximum Gasteiger partial charge on any atom is 0.266 e. The van der Waals surface area contributed by atoms with Gasteiger partial charge in [-0.2, -0.15) is 0 Å². The highest BCUT2D eigenvalue weighted by Crippen LogP contribution is 2.18. The molecule has 0 aliphatic carbocycles. The molecule has 1 aromatic heterocycles. The Balaban J connectivity index is 1.93. The summed E-state index contributed by atoms with van der Waals surface area (Å²) in [6.45, 7) is 1.68. The molecule has 0 aliphatic heterocycles. The number of hydrogen-bond acceptors (Lipinski definition) is 4. The summed E-state index contributed by atoms with van der Waals surface area (Å²) < 4.78 is 10.6. The van der Waals surface area contributed by atoms with Crippen LogP contribution in [-0.2, 0) is 4.79 Å². The van der Waals surface area contributed by atoms with Gasteiger partial charge in [-0.05, 0) is 43.3 Å². The van der Waals surface area contributed by atoms with Crippen LogP contribution in [0.5, 0.6) is 11.5 Å². The lowest BCUT2D eigenvalue weighted by Gasteiger charge is -2.14. The average Bonchev–Trinajstić information content (AvgIpc) is 2.49. The van der Waals surface area contributed by atoms with Gasteiger partial charge in [-0.15, -0.1) is 0 Å². The molecule has 5 nitrogen and oxygen atoms in total. The molecule has 2 aromatic rings. The largest absolute Gasteiger partial charge is 0.497 e. The van der Waals surface area contributed by atoms with E-state index >= 15 is 0 Å². The predicted molar refractivity (Wildman–Crippen MR) is 76.0 cm³/mol. The van der Waals surface area contributed by atoms with Crippen molar-refractivity contribution in [3.63, 3.8) is 0 Å². The first kappa shape index (κ1) is 13.9. The van der Waals surface area contributed by atoms with Gasteiger partial charge in [-0.25, -0.2) is 4.98 Å². The third kappa shape index (κ3) is 3.71. The molecular weight excluding hydrogens is 256 g/mol. The van der Waals surface area contributed by atoms with E-state index in [2.05, 4.69) is 10.3 Å². The number of hydrogen-bond donors (Lipinski definition) is 1. The van der Waals surface area contributed by atoms with E-state index in [9.17, 15) is 4.79 Å². The molecule has 0 bridgehead atoms. The second kappa shape index (κ2) is 6.56. The Hall–Kier alpha value is -2.56. The van der Waals surface area contributed by atoms with Crippen molar-refractivity contribution in [3.8, 4) is 11.5 Å². The lowest BCUT2D eigenvalue weighted by Crippen LogP contribution is -2.30. The average molecular weight is 272 g/mol. The molecule has 0 saturated heterocycles. The van der Waals surface area contributed by atoms with E-state index in [1.165, 1.54) is 0 Å². The number of methoxy groups -OCH3 is 1.